The summed E-state index contributed by atoms with van der Waals surface area (Å²) in [6.07, 6.45) is 0. The van der Waals surface area contributed by atoms with E-state index in [0.717, 1.165) is 0 Å². The molecule has 9 aromatic rings. The van der Waals surface area contributed by atoms with Gasteiger partial charge in [0.25, 0.3) is 0 Å². The minimum Gasteiger partial charge on any atom is -0.353 e. The Bertz CT molecular complexity index is 2470. The monoisotopic (exact) mass is 551 g/mol. The summed E-state index contributed by atoms with van der Waals surface area (Å²) in [7, 11) is 0. The van der Waals surface area contributed by atoms with Crippen molar-refractivity contribution >= 4 is 64.1 Å². The molecule has 7 aromatic carbocycles. The molecule has 2 heteroatoms. The molecule has 0 aliphatic heterocycles. The minimum absolute atomic E-state index is 1.19. The lowest BCUT2D eigenvalue weighted by atomic mass is 9.95. The maximum Gasteiger partial charge on any atom is 0.0544 e. The zero-order chi connectivity index (χ0) is 27.6. The van der Waals surface area contributed by atoms with Crippen LogP contribution in [0.1, 0.15) is 0 Å². The lowest BCUT2D eigenvalue weighted by molar-refractivity contribution is 1.54. The number of aromatic nitrogens is 1. The van der Waals surface area contributed by atoms with E-state index in [2.05, 4.69) is 151 Å². The van der Waals surface area contributed by atoms with Gasteiger partial charge >= 0.3 is 0 Å². The Kier molecular flexibility index (Phi) is 5.13. The molecule has 0 saturated carbocycles. The minimum atomic E-state index is 1.19. The van der Waals surface area contributed by atoms with E-state index in [9.17, 15) is 0 Å². The summed E-state index contributed by atoms with van der Waals surface area (Å²) in [4.78, 5) is 3.80. The van der Waals surface area contributed by atoms with Crippen LogP contribution in [-0.4, -0.2) is 4.98 Å². The van der Waals surface area contributed by atoms with E-state index < -0.39 is 0 Å². The van der Waals surface area contributed by atoms with Crippen molar-refractivity contribution in [2.24, 2.45) is 0 Å². The third kappa shape index (κ3) is 3.62. The number of aromatic amines is 1. The van der Waals surface area contributed by atoms with Gasteiger partial charge in [-0.2, -0.15) is 0 Å². The quantitative estimate of drug-likeness (QED) is 0.225. The molecule has 196 valence electrons. The summed E-state index contributed by atoms with van der Waals surface area (Å²) in [5.74, 6) is 0. The van der Waals surface area contributed by atoms with E-state index >= 15 is 0 Å². The molecule has 1 N–H and O–H groups in total. The predicted octanol–water partition coefficient (Wildman–Crippen LogP) is 11.8. The molecule has 0 aliphatic rings. The van der Waals surface area contributed by atoms with Gasteiger partial charge in [0.05, 0.1) is 11.0 Å². The lowest BCUT2D eigenvalue weighted by Crippen LogP contribution is -1.85. The molecule has 2 aromatic heterocycles. The summed E-state index contributed by atoms with van der Waals surface area (Å²) < 4.78 is 2.68. The maximum atomic E-state index is 3.80. The molecule has 0 amide bonds. The molecule has 0 bridgehead atoms. The predicted molar refractivity (Wildman–Crippen MR) is 183 cm³/mol. The van der Waals surface area contributed by atoms with Gasteiger partial charge in [-0.1, -0.05) is 115 Å². The van der Waals surface area contributed by atoms with Gasteiger partial charge in [0.15, 0.2) is 0 Å². The fourth-order valence-electron chi connectivity index (χ4n) is 6.56. The van der Waals surface area contributed by atoms with Crippen LogP contribution >= 0.6 is 11.3 Å². The lowest BCUT2D eigenvalue weighted by Gasteiger charge is -2.10. The van der Waals surface area contributed by atoms with E-state index in [1.807, 2.05) is 11.3 Å². The van der Waals surface area contributed by atoms with Crippen molar-refractivity contribution in [1.82, 2.24) is 4.98 Å². The van der Waals surface area contributed by atoms with Gasteiger partial charge in [-0.25, -0.2) is 0 Å². The fraction of sp³-hybridized carbons (Fsp3) is 0. The number of benzene rings is 7. The van der Waals surface area contributed by atoms with E-state index in [4.69, 9.17) is 0 Å². The molecule has 0 unspecified atom stereocenters. The van der Waals surface area contributed by atoms with Crippen molar-refractivity contribution < 1.29 is 0 Å². The number of rotatable bonds is 3. The first-order valence-electron chi connectivity index (χ1n) is 14.3. The normalized spacial score (nSPS) is 11.8. The molecule has 0 aliphatic carbocycles. The summed E-state index contributed by atoms with van der Waals surface area (Å²) in [6, 6.07) is 53.2. The average molecular weight is 552 g/mol. The highest BCUT2D eigenvalue weighted by Gasteiger charge is 2.13. The van der Waals surface area contributed by atoms with Gasteiger partial charge in [-0.05, 0) is 63.5 Å². The molecule has 0 saturated heterocycles. The third-order valence-corrected chi connectivity index (χ3v) is 9.76. The molecule has 0 radical (unpaired) electrons. The summed E-state index contributed by atoms with van der Waals surface area (Å²) in [5, 5.41) is 7.71. The van der Waals surface area contributed by atoms with Gasteiger partial charge in [0.1, 0.15) is 0 Å². The SMILES string of the molecule is c1cc(-c2cccc(-c3cccc4c3[nH]c3c5ccccc5ccc43)c2)cc(-c2ccc3sc4ccccc4c3c2)c1. The topological polar surface area (TPSA) is 15.8 Å². The van der Waals surface area contributed by atoms with Crippen molar-refractivity contribution in [2.75, 3.05) is 0 Å². The Hall–Kier alpha value is -5.18. The molecule has 2 heterocycles. The first kappa shape index (κ1) is 23.5. The Morgan fingerprint density at radius 3 is 1.83 bits per heavy atom. The smallest absolute Gasteiger partial charge is 0.0544 e. The van der Waals surface area contributed by atoms with Crippen LogP contribution in [0.25, 0.3) is 86.1 Å². The Morgan fingerprint density at radius 2 is 0.976 bits per heavy atom. The van der Waals surface area contributed by atoms with Crippen LogP contribution in [0.15, 0.2) is 146 Å². The van der Waals surface area contributed by atoms with Gasteiger partial charge in [0, 0.05) is 41.9 Å². The number of hydrogen-bond acceptors (Lipinski definition) is 1. The van der Waals surface area contributed by atoms with Gasteiger partial charge < -0.3 is 4.98 Å². The molecular weight excluding hydrogens is 527 g/mol. The van der Waals surface area contributed by atoms with E-state index in [1.54, 1.807) is 0 Å². The molecule has 0 fully saturated rings. The first-order chi connectivity index (χ1) is 20.8. The highest BCUT2D eigenvalue weighted by Crippen LogP contribution is 2.39. The number of H-pyrrole nitrogens is 1. The number of para-hydroxylation sites is 1. The molecular formula is C40H25NS. The second-order valence-electron chi connectivity index (χ2n) is 11.0. The Labute approximate surface area is 247 Å². The zero-order valence-electron chi connectivity index (χ0n) is 22.8. The van der Waals surface area contributed by atoms with E-state index in [1.165, 1.54) is 86.1 Å². The number of hydrogen-bond donors (Lipinski definition) is 1. The van der Waals surface area contributed by atoms with Gasteiger partial charge in [0.2, 0.25) is 0 Å². The van der Waals surface area contributed by atoms with Crippen LogP contribution in [0, 0.1) is 0 Å². The molecule has 1 nitrogen and oxygen atoms in total. The number of fused-ring (bicyclic) bond motifs is 8. The third-order valence-electron chi connectivity index (χ3n) is 8.61. The highest BCUT2D eigenvalue weighted by atomic mass is 32.1. The van der Waals surface area contributed by atoms with Crippen LogP contribution in [0.3, 0.4) is 0 Å². The van der Waals surface area contributed by atoms with Gasteiger partial charge in [-0.15, -0.1) is 11.3 Å². The standard InChI is InChI=1S/C40H25NS/c1-2-13-31-25(8-1)18-20-35-34-16-7-15-32(40(34)41-39(31)35)30-12-6-11-28(23-30)26-9-5-10-27(22-26)29-19-21-38-36(24-29)33-14-3-4-17-37(33)42-38/h1-24,41H. The number of nitrogens with one attached hydrogen (secondary N) is 1. The first-order valence-corrected chi connectivity index (χ1v) is 15.2. The fourth-order valence-corrected chi connectivity index (χ4v) is 7.64. The van der Waals surface area contributed by atoms with Crippen LogP contribution in [0.4, 0.5) is 0 Å². The van der Waals surface area contributed by atoms with Crippen LogP contribution in [-0.2, 0) is 0 Å². The second-order valence-corrected chi connectivity index (χ2v) is 12.1. The molecule has 9 rings (SSSR count). The zero-order valence-corrected chi connectivity index (χ0v) is 23.6. The summed E-state index contributed by atoms with van der Waals surface area (Å²) in [6.45, 7) is 0. The largest absolute Gasteiger partial charge is 0.353 e. The van der Waals surface area contributed by atoms with Crippen LogP contribution in [0.2, 0.25) is 0 Å². The molecule has 42 heavy (non-hydrogen) atoms. The second kappa shape index (κ2) is 9.17. The van der Waals surface area contributed by atoms with Crippen molar-refractivity contribution in [3.8, 4) is 33.4 Å². The Balaban J connectivity index is 1.15. The van der Waals surface area contributed by atoms with E-state index in [-0.39, 0.29) is 0 Å². The van der Waals surface area contributed by atoms with E-state index in [0.29, 0.717) is 0 Å². The molecule has 0 spiro atoms. The van der Waals surface area contributed by atoms with Crippen molar-refractivity contribution in [2.45, 2.75) is 0 Å². The highest BCUT2D eigenvalue weighted by molar-refractivity contribution is 7.25. The molecule has 0 atom stereocenters. The van der Waals surface area contributed by atoms with Crippen molar-refractivity contribution in [3.05, 3.63) is 146 Å². The maximum absolute atomic E-state index is 3.80. The van der Waals surface area contributed by atoms with Crippen LogP contribution in [0.5, 0.6) is 0 Å². The average Bonchev–Trinajstić information content (AvgIpc) is 3.63. The van der Waals surface area contributed by atoms with Gasteiger partial charge in [-0.3, -0.25) is 0 Å². The van der Waals surface area contributed by atoms with Crippen LogP contribution < -0.4 is 0 Å². The van der Waals surface area contributed by atoms with Crippen molar-refractivity contribution in [3.63, 3.8) is 0 Å². The van der Waals surface area contributed by atoms with Crippen molar-refractivity contribution in [1.29, 1.82) is 0 Å². The summed E-state index contributed by atoms with van der Waals surface area (Å²) >= 11 is 1.86. The Morgan fingerprint density at radius 1 is 0.357 bits per heavy atom. The summed E-state index contributed by atoms with van der Waals surface area (Å²) in [5.41, 5.74) is 9.75. The number of thiophene rings is 1.